The summed E-state index contributed by atoms with van der Waals surface area (Å²) in [6.07, 6.45) is 20.0. The van der Waals surface area contributed by atoms with Crippen molar-refractivity contribution in [1.29, 1.82) is 0 Å². The number of anilines is 5. The Morgan fingerprint density at radius 1 is 0.344 bits per heavy atom. The van der Waals surface area contributed by atoms with Gasteiger partial charge in [-0.3, -0.25) is 0 Å². The molecule has 20 heteroatoms. The standard InChI is InChI=1S/C23H29N3O.2C21H25N3O.2C20H23N3O/c1-7-17-9-11-19-18-10-8-15(2)20(21(18)27-22(19)24-17)26-13-12-25(16(26)3)14-23(4,5)6;1-6-16-8-10-18-17-9-7-14(4)19(20(17)25-21(18)22-16)24-12-11-23(13(2)3)15(24)5;1-6-23-11-12-24(15(23)5)19-14(4)7-8-16-17-9-10-18(13(2)3)22-21(17)25-20(16)19;1-12(2)17-9-8-16-15-7-6-13(3)18(19(15)24-20(16)21-17)23-11-10-22(5)14(23)4;1-5-15-8-10-17-16-9-7-13(3)18(19(16)24-20(17)21-15)23-12-11-22(6-2)14(23)4/h8-13,16H,7,14H2,1-6H3;2*7-13,15H,6H2,1-5H3;6-12,14H,1-5H3;7-12,14H,5-6H2,1-4H3/t16-;2*15-;2*14-/m00000/s1/i4D3,5D3;13D;6D2,13D;5D3,12D;6D2. The number of hydrogen-bond acceptors (Lipinski definition) is 20. The minimum atomic E-state index is -2.64. The van der Waals surface area contributed by atoms with Gasteiger partial charge in [0.15, 0.2) is 27.9 Å². The van der Waals surface area contributed by atoms with Crippen LogP contribution in [-0.2, 0) is 19.3 Å². The molecule has 125 heavy (non-hydrogen) atoms. The lowest BCUT2D eigenvalue weighted by Crippen LogP contribution is -2.40. The summed E-state index contributed by atoms with van der Waals surface area (Å²) in [5.41, 5.74) is 19.0. The van der Waals surface area contributed by atoms with E-state index in [1.807, 2.05) is 206 Å². The fourth-order valence-electron chi connectivity index (χ4n) is 17.5. The molecule has 0 amide bonds. The topological polar surface area (TPSA) is 163 Å². The number of rotatable bonds is 14. The Hall–Kier alpha value is -12.5. The lowest BCUT2D eigenvalue weighted by Gasteiger charge is -2.34. The first-order valence-electron chi connectivity index (χ1n) is 51.2. The Morgan fingerprint density at radius 2 is 0.624 bits per heavy atom. The van der Waals surface area contributed by atoms with E-state index >= 15 is 0 Å². The van der Waals surface area contributed by atoms with E-state index in [9.17, 15) is 0 Å². The first kappa shape index (κ1) is 68.0. The molecular weight excluding hydrogens is 1550 g/mol. The molecule has 0 radical (unpaired) electrons. The summed E-state index contributed by atoms with van der Waals surface area (Å²) in [5, 5.41) is 9.76. The van der Waals surface area contributed by atoms with Crippen LogP contribution in [0, 0.1) is 40.0 Å². The largest absolute Gasteiger partial charge is 0.435 e. The molecule has 5 aliphatic heterocycles. The zero-order chi connectivity index (χ0) is 102. The summed E-state index contributed by atoms with van der Waals surface area (Å²) in [4.78, 5) is 41.9. The molecule has 0 fully saturated rings. The SMILES string of the molecule is [2H]C(C)(C)N1C=CN(c2c(C)ccc3c2oc2nc(CC)ccc23)[C@H]1C.[2H]C(C)(C)c1ccc2c(n1)oc1c(N3C=CN(C([2H])([2H])C)[C@@H]3C)c(C)ccc12.[2H]C(C)(C)c1ccc2c(n1)oc1c(N3C=CN(C([2H])([2H])[2H])[C@@H]3C)c(C)ccc12.[2H]C([2H])(C)N1C=CN(c2c(C)ccc3c2oc2nc(CC)ccc23)[C@H]1C.[2H]C([2H])([2H])C(C)(CN1C=CN(c2c(C)ccc3c2oc2nc(CC)ccc23)[C@H]1C)C([2H])([2H])[2H]. The number of hydrogen-bond donors (Lipinski definition) is 0. The van der Waals surface area contributed by atoms with Crippen LogP contribution in [0.5, 0.6) is 0 Å². The van der Waals surface area contributed by atoms with Crippen LogP contribution in [0.1, 0.15) is 221 Å². The highest BCUT2D eigenvalue weighted by Gasteiger charge is 2.35. The third kappa shape index (κ3) is 16.0. The van der Waals surface area contributed by atoms with Gasteiger partial charge < -0.3 is 71.1 Å². The number of aryl methyl sites for hydroxylation is 8. The number of pyridine rings is 5. The van der Waals surface area contributed by atoms with Gasteiger partial charge in [0.25, 0.3) is 0 Å². The molecule has 15 aromatic rings. The van der Waals surface area contributed by atoms with Crippen molar-refractivity contribution in [1.82, 2.24) is 49.4 Å². The molecule has 0 bridgehead atoms. The second-order valence-corrected chi connectivity index (χ2v) is 33.9. The van der Waals surface area contributed by atoms with Crippen molar-refractivity contribution in [3.8, 4) is 0 Å². The van der Waals surface area contributed by atoms with Crippen LogP contribution < -0.4 is 24.5 Å². The van der Waals surface area contributed by atoms with Gasteiger partial charge in [0.1, 0.15) is 30.8 Å². The van der Waals surface area contributed by atoms with Crippen LogP contribution >= 0.6 is 0 Å². The van der Waals surface area contributed by atoms with Crippen LogP contribution in [0.15, 0.2) is 205 Å². The molecule has 15 heterocycles. The highest BCUT2D eigenvalue weighted by atomic mass is 16.4. The summed E-state index contributed by atoms with van der Waals surface area (Å²) >= 11 is 0. The van der Waals surface area contributed by atoms with E-state index in [1.165, 1.54) is 11.8 Å². The summed E-state index contributed by atoms with van der Waals surface area (Å²) < 4.78 is 159. The lowest BCUT2D eigenvalue weighted by atomic mass is 9.96. The van der Waals surface area contributed by atoms with E-state index in [1.54, 1.807) is 73.4 Å². The Labute approximate surface area is 758 Å². The molecule has 5 atom stereocenters. The van der Waals surface area contributed by atoms with Gasteiger partial charge in [-0.2, -0.15) is 0 Å². The van der Waals surface area contributed by atoms with Gasteiger partial charge in [0, 0.05) is 197 Å². The molecule has 10 aromatic heterocycles. The maximum Gasteiger partial charge on any atom is 0.227 e. The normalized spacial score (nSPS) is 20.3. The molecule has 0 N–H and O–H groups in total. The first-order valence-corrected chi connectivity index (χ1v) is 43.2. The van der Waals surface area contributed by atoms with Gasteiger partial charge in [-0.15, -0.1) is 0 Å². The Bertz CT molecular complexity index is 7120. The summed E-state index contributed by atoms with van der Waals surface area (Å²) in [6, 6.07) is 39.9. The van der Waals surface area contributed by atoms with Crippen molar-refractivity contribution in [2.24, 2.45) is 5.41 Å². The van der Waals surface area contributed by atoms with E-state index in [0.29, 0.717) is 51.1 Å². The highest BCUT2D eigenvalue weighted by Crippen LogP contribution is 2.47. The van der Waals surface area contributed by atoms with E-state index < -0.39 is 56.9 Å². The van der Waals surface area contributed by atoms with Gasteiger partial charge in [-0.1, -0.05) is 130 Å². The molecule has 650 valence electrons. The average molecular weight is 1690 g/mol. The zero-order valence-electron chi connectivity index (χ0n) is 91.8. The van der Waals surface area contributed by atoms with E-state index in [4.69, 9.17) is 44.0 Å². The van der Waals surface area contributed by atoms with E-state index in [2.05, 4.69) is 118 Å². The van der Waals surface area contributed by atoms with Gasteiger partial charge in [-0.05, 0) is 222 Å². The third-order valence-electron chi connectivity index (χ3n) is 24.6. The quantitative estimate of drug-likeness (QED) is 0.101. The molecule has 0 saturated heterocycles. The van der Waals surface area contributed by atoms with Gasteiger partial charge in [0.05, 0.1) is 29.8 Å². The molecule has 20 nitrogen and oxygen atoms in total. The minimum Gasteiger partial charge on any atom is -0.435 e. The number of fused-ring (bicyclic) bond motifs is 15. The summed E-state index contributed by atoms with van der Waals surface area (Å²) in [6.45, 7) is 31.2. The fourth-order valence-corrected chi connectivity index (χ4v) is 17.5. The Morgan fingerprint density at radius 3 is 0.904 bits per heavy atom. The van der Waals surface area contributed by atoms with Crippen LogP contribution in [-0.4, -0.2) is 113 Å². The Kier molecular flexibility index (Phi) is 18.8. The molecule has 0 saturated carbocycles. The van der Waals surface area contributed by atoms with Crippen molar-refractivity contribution >= 4 is 139 Å². The lowest BCUT2D eigenvalue weighted by molar-refractivity contribution is 0.221. The van der Waals surface area contributed by atoms with Crippen molar-refractivity contribution < 1.29 is 44.0 Å². The molecule has 5 aromatic carbocycles. The van der Waals surface area contributed by atoms with Crippen molar-refractivity contribution in [2.45, 2.75) is 234 Å². The zero-order valence-corrected chi connectivity index (χ0v) is 75.8. The van der Waals surface area contributed by atoms with Gasteiger partial charge >= 0.3 is 0 Å². The molecule has 0 aliphatic carbocycles. The number of nitrogens with zero attached hydrogens (tertiary/aromatic N) is 15. The van der Waals surface area contributed by atoms with Crippen molar-refractivity contribution in [3.05, 3.63) is 240 Å². The monoisotopic (exact) mass is 1690 g/mol. The number of aromatic nitrogens is 5. The fraction of sp³-hybridized carbons (Fsp3) is 0.381. The van der Waals surface area contributed by atoms with Crippen LogP contribution in [0.25, 0.3) is 110 Å². The average Bonchev–Trinajstić information content (AvgIpc) is 1.54. The molecule has 5 aliphatic rings. The van der Waals surface area contributed by atoms with E-state index in [0.717, 1.165) is 163 Å². The molecule has 20 rings (SSSR count). The summed E-state index contributed by atoms with van der Waals surface area (Å²) in [5.74, 6) is -1.62. The first-order chi connectivity index (χ1) is 65.9. The smallest absolute Gasteiger partial charge is 0.227 e. The van der Waals surface area contributed by atoms with Crippen LogP contribution in [0.3, 0.4) is 0 Å². The van der Waals surface area contributed by atoms with E-state index in [-0.39, 0.29) is 37.4 Å². The minimum absolute atomic E-state index is 0.0409. The molecule has 0 unspecified atom stereocenters. The van der Waals surface area contributed by atoms with Gasteiger partial charge in [0.2, 0.25) is 28.6 Å². The number of furan rings is 5. The maximum absolute atomic E-state index is 8.38. The maximum atomic E-state index is 8.38. The predicted molar refractivity (Wildman–Crippen MR) is 519 cm³/mol. The van der Waals surface area contributed by atoms with Gasteiger partial charge in [-0.25, -0.2) is 24.9 Å². The second-order valence-electron chi connectivity index (χ2n) is 33.9. The van der Waals surface area contributed by atoms with Crippen molar-refractivity contribution in [3.63, 3.8) is 0 Å². The second kappa shape index (κ2) is 34.6. The van der Waals surface area contributed by atoms with Crippen molar-refractivity contribution in [2.75, 3.05) is 51.0 Å². The highest BCUT2D eigenvalue weighted by molar-refractivity contribution is 6.13. The van der Waals surface area contributed by atoms with Crippen LogP contribution in [0.4, 0.5) is 28.4 Å². The summed E-state index contributed by atoms with van der Waals surface area (Å²) in [7, 11) is 0. The number of benzene rings is 5. The third-order valence-corrected chi connectivity index (χ3v) is 24.6. The Balaban J connectivity index is 0.000000127. The molecule has 0 spiro atoms. The molecular formula is C105H125N15O5. The predicted octanol–water partition coefficient (Wildman–Crippen LogP) is 26.2. The van der Waals surface area contributed by atoms with Crippen LogP contribution in [0.2, 0.25) is 0 Å².